The van der Waals surface area contributed by atoms with Crippen molar-refractivity contribution in [2.24, 2.45) is 0 Å². The van der Waals surface area contributed by atoms with Gasteiger partial charge in [-0.1, -0.05) is 0 Å². The Morgan fingerprint density at radius 1 is 1.71 bits per heavy atom. The van der Waals surface area contributed by atoms with Gasteiger partial charge in [0.25, 0.3) is 0 Å². The first-order valence-electron chi connectivity index (χ1n) is 2.08. The number of hydrazine groups is 2. The molecule has 1 aliphatic heterocycles. The molecule has 0 saturated carbocycles. The first kappa shape index (κ1) is 4.26. The second kappa shape index (κ2) is 1.70. The summed E-state index contributed by atoms with van der Waals surface area (Å²) < 4.78 is 0. The molecule has 0 radical (unpaired) electrons. The standard InChI is InChI=1S/C3H8N4/c1-4-3-2-5-7-6-3/h2,4-7H,1H3. The lowest BCUT2D eigenvalue weighted by molar-refractivity contribution is 0.584. The van der Waals surface area contributed by atoms with Crippen LogP contribution in [-0.2, 0) is 0 Å². The zero-order valence-corrected chi connectivity index (χ0v) is 4.08. The van der Waals surface area contributed by atoms with E-state index < -0.39 is 0 Å². The minimum atomic E-state index is 0.944. The van der Waals surface area contributed by atoms with Crippen molar-refractivity contribution in [3.05, 3.63) is 12.0 Å². The topological polar surface area (TPSA) is 48.1 Å². The predicted octanol–water partition coefficient (Wildman–Crippen LogP) is -1.38. The van der Waals surface area contributed by atoms with Gasteiger partial charge in [0.15, 0.2) is 0 Å². The van der Waals surface area contributed by atoms with Crippen LogP contribution in [0.2, 0.25) is 0 Å². The molecule has 0 fully saturated rings. The lowest BCUT2D eigenvalue weighted by Gasteiger charge is -1.97. The highest BCUT2D eigenvalue weighted by Crippen LogP contribution is 1.76. The van der Waals surface area contributed by atoms with Crippen LogP contribution in [0.5, 0.6) is 0 Å². The van der Waals surface area contributed by atoms with Crippen LogP contribution in [0.1, 0.15) is 0 Å². The van der Waals surface area contributed by atoms with Crippen molar-refractivity contribution < 1.29 is 0 Å². The van der Waals surface area contributed by atoms with Crippen LogP contribution in [0.15, 0.2) is 12.0 Å². The minimum absolute atomic E-state index is 0.944. The number of hydrogen-bond acceptors (Lipinski definition) is 4. The molecule has 0 aromatic rings. The summed E-state index contributed by atoms with van der Waals surface area (Å²) in [5.74, 6) is 0.944. The summed E-state index contributed by atoms with van der Waals surface area (Å²) in [5.41, 5.74) is 8.20. The molecule has 0 aromatic heterocycles. The molecule has 0 bridgehead atoms. The Morgan fingerprint density at radius 3 is 2.86 bits per heavy atom. The molecule has 0 unspecified atom stereocenters. The third kappa shape index (κ3) is 0.747. The molecule has 1 aliphatic rings. The predicted molar refractivity (Wildman–Crippen MR) is 26.5 cm³/mol. The molecule has 1 rings (SSSR count). The van der Waals surface area contributed by atoms with E-state index in [1.165, 1.54) is 0 Å². The summed E-state index contributed by atoms with van der Waals surface area (Å²) in [5, 5.41) is 2.89. The van der Waals surface area contributed by atoms with Crippen molar-refractivity contribution in [3.8, 4) is 0 Å². The molecule has 40 valence electrons. The number of hydrogen-bond donors (Lipinski definition) is 4. The van der Waals surface area contributed by atoms with Crippen molar-refractivity contribution in [1.82, 2.24) is 21.7 Å². The van der Waals surface area contributed by atoms with Gasteiger partial charge in [0.1, 0.15) is 5.82 Å². The van der Waals surface area contributed by atoms with Crippen LogP contribution in [0.25, 0.3) is 0 Å². The van der Waals surface area contributed by atoms with Gasteiger partial charge in [-0.25, -0.2) is 0 Å². The zero-order chi connectivity index (χ0) is 5.11. The van der Waals surface area contributed by atoms with Crippen LogP contribution in [0, 0.1) is 0 Å². The fourth-order valence-corrected chi connectivity index (χ4v) is 0.382. The van der Waals surface area contributed by atoms with Crippen molar-refractivity contribution >= 4 is 0 Å². The summed E-state index contributed by atoms with van der Waals surface area (Å²) >= 11 is 0. The molecule has 0 atom stereocenters. The van der Waals surface area contributed by atoms with E-state index >= 15 is 0 Å². The van der Waals surface area contributed by atoms with E-state index in [1.54, 1.807) is 6.20 Å². The van der Waals surface area contributed by atoms with Crippen molar-refractivity contribution in [1.29, 1.82) is 0 Å². The van der Waals surface area contributed by atoms with Crippen LogP contribution < -0.4 is 21.7 Å². The first-order valence-corrected chi connectivity index (χ1v) is 2.08. The fourth-order valence-electron chi connectivity index (χ4n) is 0.382. The van der Waals surface area contributed by atoms with Gasteiger partial charge in [-0.15, -0.1) is 5.53 Å². The van der Waals surface area contributed by atoms with Gasteiger partial charge < -0.3 is 10.7 Å². The molecule has 4 nitrogen and oxygen atoms in total. The average molecular weight is 100 g/mol. The Morgan fingerprint density at radius 2 is 2.57 bits per heavy atom. The smallest absolute Gasteiger partial charge is 0.132 e. The van der Waals surface area contributed by atoms with Crippen LogP contribution in [0.4, 0.5) is 0 Å². The summed E-state index contributed by atoms with van der Waals surface area (Å²) in [7, 11) is 1.84. The van der Waals surface area contributed by atoms with E-state index in [1.807, 2.05) is 7.05 Å². The Hall–Kier alpha value is -0.900. The minimum Gasteiger partial charge on any atom is -0.373 e. The maximum atomic E-state index is 2.89. The maximum absolute atomic E-state index is 2.89. The molecule has 4 heteroatoms. The summed E-state index contributed by atoms with van der Waals surface area (Å²) in [6.45, 7) is 0. The second-order valence-corrected chi connectivity index (χ2v) is 1.20. The van der Waals surface area contributed by atoms with E-state index in [0.29, 0.717) is 0 Å². The summed E-state index contributed by atoms with van der Waals surface area (Å²) in [6.07, 6.45) is 1.79. The van der Waals surface area contributed by atoms with Gasteiger partial charge in [-0.05, 0) is 0 Å². The highest BCUT2D eigenvalue weighted by Gasteiger charge is 1.93. The first-order chi connectivity index (χ1) is 3.43. The highest BCUT2D eigenvalue weighted by molar-refractivity contribution is 4.95. The molecule has 0 aromatic carbocycles. The molecule has 0 aliphatic carbocycles. The monoisotopic (exact) mass is 100 g/mol. The third-order valence-electron chi connectivity index (χ3n) is 0.755. The largest absolute Gasteiger partial charge is 0.373 e. The molecule has 0 spiro atoms. The highest BCUT2D eigenvalue weighted by atomic mass is 15.6. The lowest BCUT2D eigenvalue weighted by atomic mass is 10.8. The fraction of sp³-hybridized carbons (Fsp3) is 0.333. The SMILES string of the molecule is CNC1=CNNN1. The Kier molecular flexibility index (Phi) is 1.04. The van der Waals surface area contributed by atoms with Gasteiger partial charge in [0.2, 0.25) is 0 Å². The summed E-state index contributed by atoms with van der Waals surface area (Å²) in [6, 6.07) is 0. The quantitative estimate of drug-likeness (QED) is 0.328. The van der Waals surface area contributed by atoms with Crippen LogP contribution in [0.3, 0.4) is 0 Å². The van der Waals surface area contributed by atoms with Crippen LogP contribution in [-0.4, -0.2) is 7.05 Å². The molecule has 0 amide bonds. The molecule has 7 heavy (non-hydrogen) atoms. The second-order valence-electron chi connectivity index (χ2n) is 1.20. The normalized spacial score (nSPS) is 17.0. The Balaban J connectivity index is 2.36. The molecule has 4 N–H and O–H groups in total. The van der Waals surface area contributed by atoms with Crippen LogP contribution >= 0.6 is 0 Å². The van der Waals surface area contributed by atoms with E-state index in [0.717, 1.165) is 5.82 Å². The van der Waals surface area contributed by atoms with Crippen molar-refractivity contribution in [2.45, 2.75) is 0 Å². The summed E-state index contributed by atoms with van der Waals surface area (Å²) in [4.78, 5) is 0. The van der Waals surface area contributed by atoms with E-state index in [4.69, 9.17) is 0 Å². The van der Waals surface area contributed by atoms with Gasteiger partial charge in [0, 0.05) is 7.05 Å². The average Bonchev–Trinajstić information content (AvgIpc) is 2.14. The Bertz CT molecular complexity index is 86.9. The van der Waals surface area contributed by atoms with Crippen molar-refractivity contribution in [2.75, 3.05) is 7.05 Å². The van der Waals surface area contributed by atoms with Crippen molar-refractivity contribution in [3.63, 3.8) is 0 Å². The third-order valence-corrected chi connectivity index (χ3v) is 0.755. The van der Waals surface area contributed by atoms with E-state index in [-0.39, 0.29) is 0 Å². The van der Waals surface area contributed by atoms with Gasteiger partial charge in [-0.2, -0.15) is 0 Å². The van der Waals surface area contributed by atoms with Gasteiger partial charge in [0.05, 0.1) is 6.20 Å². The molecular formula is C3H8N4. The molecular weight excluding hydrogens is 92.1 g/mol. The number of rotatable bonds is 1. The van der Waals surface area contributed by atoms with Gasteiger partial charge in [-0.3, -0.25) is 5.43 Å². The molecule has 0 saturated heterocycles. The Labute approximate surface area is 41.9 Å². The van der Waals surface area contributed by atoms with E-state index in [9.17, 15) is 0 Å². The van der Waals surface area contributed by atoms with Gasteiger partial charge >= 0.3 is 0 Å². The molecule has 1 heterocycles. The zero-order valence-electron chi connectivity index (χ0n) is 4.08. The lowest BCUT2D eigenvalue weighted by Crippen LogP contribution is -2.34. The number of nitrogens with one attached hydrogen (secondary N) is 4. The maximum Gasteiger partial charge on any atom is 0.132 e. The van der Waals surface area contributed by atoms with E-state index in [2.05, 4.69) is 21.7 Å².